The van der Waals surface area contributed by atoms with Crippen LogP contribution in [-0.4, -0.2) is 52.3 Å². The molecule has 5 rings (SSSR count). The van der Waals surface area contributed by atoms with Gasteiger partial charge in [-0.25, -0.2) is 13.8 Å². The summed E-state index contributed by atoms with van der Waals surface area (Å²) in [7, 11) is 0. The summed E-state index contributed by atoms with van der Waals surface area (Å²) < 4.78 is 74.6. The minimum atomic E-state index is -4.59. The zero-order valence-electron chi connectivity index (χ0n) is 19.4. The number of aliphatic hydroxyl groups excluding tert-OH is 1. The smallest absolute Gasteiger partial charge is 0.433 e. The van der Waals surface area contributed by atoms with Gasteiger partial charge in [-0.15, -0.1) is 0 Å². The largest absolute Gasteiger partial charge is 0.484 e. The number of alkyl halides is 3. The molecule has 200 valence electrons. The number of amides is 2. The summed E-state index contributed by atoms with van der Waals surface area (Å²) in [5.41, 5.74) is -2.71. The van der Waals surface area contributed by atoms with Gasteiger partial charge in [0.05, 0.1) is 17.8 Å². The van der Waals surface area contributed by atoms with Gasteiger partial charge in [-0.2, -0.15) is 13.2 Å². The summed E-state index contributed by atoms with van der Waals surface area (Å²) in [5, 5.41) is 16.4. The third-order valence-electron chi connectivity index (χ3n) is 6.77. The number of nitrogens with one attached hydrogen (secondary N) is 2. The second-order valence-corrected chi connectivity index (χ2v) is 9.28. The Morgan fingerprint density at radius 3 is 2.14 bits per heavy atom. The lowest BCUT2D eigenvalue weighted by atomic mass is 9.60. The van der Waals surface area contributed by atoms with E-state index in [0.29, 0.717) is 25.7 Å². The van der Waals surface area contributed by atoms with Crippen molar-refractivity contribution in [2.24, 2.45) is 0 Å². The molecule has 1 heterocycles. The number of aromatic nitrogens is 1. The van der Waals surface area contributed by atoms with E-state index in [4.69, 9.17) is 9.47 Å². The van der Waals surface area contributed by atoms with Gasteiger partial charge in [0.1, 0.15) is 17.2 Å². The van der Waals surface area contributed by atoms with E-state index in [1.807, 2.05) is 0 Å². The minimum Gasteiger partial charge on any atom is -0.484 e. The van der Waals surface area contributed by atoms with Crippen LogP contribution in [0.3, 0.4) is 0 Å². The Hall–Kier alpha value is -3.48. The summed E-state index contributed by atoms with van der Waals surface area (Å²) in [5.74, 6) is -3.20. The second-order valence-electron chi connectivity index (χ2n) is 9.28. The molecule has 1 aromatic heterocycles. The molecule has 0 aliphatic heterocycles. The number of ether oxygens (including phenoxy) is 2. The van der Waals surface area contributed by atoms with Crippen LogP contribution >= 0.6 is 0 Å². The standard InChI is InChI=1S/C24H24F5N3O5/c25-16-3-1-14(9-17(16)26)36-12-20(34)31-22-5-7-23(8-6-22,19(33)10-22)32-21(35)13-37-15-2-4-18(30-11-15)24(27,28)29/h1-4,9,11,19,33H,5-8,10,12-13H2,(H,31,34)(H,32,35)/t19-,22?,23?/m0/s1. The van der Waals surface area contributed by atoms with Crippen molar-refractivity contribution >= 4 is 11.8 Å². The number of carbonyl (C=O) groups is 2. The zero-order chi connectivity index (χ0) is 26.8. The summed E-state index contributed by atoms with van der Waals surface area (Å²) in [4.78, 5) is 28.2. The predicted molar refractivity (Wildman–Crippen MR) is 117 cm³/mol. The van der Waals surface area contributed by atoms with E-state index in [0.717, 1.165) is 30.5 Å². The molecule has 2 aromatic rings. The van der Waals surface area contributed by atoms with Gasteiger partial charge in [0.2, 0.25) is 0 Å². The molecular weight excluding hydrogens is 505 g/mol. The second kappa shape index (κ2) is 10.1. The topological polar surface area (TPSA) is 110 Å². The zero-order valence-corrected chi connectivity index (χ0v) is 19.4. The summed E-state index contributed by atoms with van der Waals surface area (Å²) >= 11 is 0. The highest BCUT2D eigenvalue weighted by Gasteiger charge is 2.55. The van der Waals surface area contributed by atoms with Crippen LogP contribution < -0.4 is 20.1 Å². The Kier molecular flexibility index (Phi) is 7.27. The van der Waals surface area contributed by atoms with Gasteiger partial charge in [0.15, 0.2) is 24.8 Å². The van der Waals surface area contributed by atoms with Crippen LogP contribution in [0.4, 0.5) is 22.0 Å². The van der Waals surface area contributed by atoms with Gasteiger partial charge >= 0.3 is 6.18 Å². The molecule has 13 heteroatoms. The molecule has 0 unspecified atom stereocenters. The van der Waals surface area contributed by atoms with Crippen molar-refractivity contribution in [1.29, 1.82) is 0 Å². The number of hydrogen-bond donors (Lipinski definition) is 3. The Balaban J connectivity index is 1.26. The number of aliphatic hydroxyl groups is 1. The van der Waals surface area contributed by atoms with Crippen molar-refractivity contribution in [3.05, 3.63) is 53.9 Å². The van der Waals surface area contributed by atoms with Crippen molar-refractivity contribution in [2.75, 3.05) is 13.2 Å². The van der Waals surface area contributed by atoms with E-state index < -0.39 is 65.7 Å². The lowest BCUT2D eigenvalue weighted by molar-refractivity contribution is -0.141. The monoisotopic (exact) mass is 529 g/mol. The average Bonchev–Trinajstić information content (AvgIpc) is 2.84. The molecule has 3 saturated carbocycles. The van der Waals surface area contributed by atoms with Crippen LogP contribution in [0.25, 0.3) is 0 Å². The molecule has 2 amide bonds. The molecule has 1 aromatic carbocycles. The highest BCUT2D eigenvalue weighted by molar-refractivity contribution is 5.79. The highest BCUT2D eigenvalue weighted by Crippen LogP contribution is 2.47. The van der Waals surface area contributed by atoms with Crippen molar-refractivity contribution in [1.82, 2.24) is 15.6 Å². The first-order chi connectivity index (χ1) is 17.4. The first-order valence-corrected chi connectivity index (χ1v) is 11.4. The van der Waals surface area contributed by atoms with Crippen LogP contribution in [0.5, 0.6) is 11.5 Å². The first kappa shape index (κ1) is 26.6. The van der Waals surface area contributed by atoms with Crippen LogP contribution in [-0.2, 0) is 15.8 Å². The van der Waals surface area contributed by atoms with Crippen molar-refractivity contribution in [3.63, 3.8) is 0 Å². The van der Waals surface area contributed by atoms with E-state index in [1.54, 1.807) is 0 Å². The number of nitrogens with zero attached hydrogens (tertiary/aromatic N) is 1. The van der Waals surface area contributed by atoms with Crippen molar-refractivity contribution < 1.29 is 46.1 Å². The van der Waals surface area contributed by atoms with E-state index >= 15 is 0 Å². The Labute approximate surface area is 208 Å². The van der Waals surface area contributed by atoms with E-state index in [9.17, 15) is 36.6 Å². The van der Waals surface area contributed by atoms with Gasteiger partial charge in [0.25, 0.3) is 11.8 Å². The van der Waals surface area contributed by atoms with E-state index in [-0.39, 0.29) is 17.9 Å². The van der Waals surface area contributed by atoms with Crippen LogP contribution in [0, 0.1) is 11.6 Å². The maximum Gasteiger partial charge on any atom is 0.433 e. The molecule has 3 fully saturated rings. The van der Waals surface area contributed by atoms with Gasteiger partial charge in [-0.05, 0) is 56.4 Å². The number of fused-ring (bicyclic) bond motifs is 3. The Morgan fingerprint density at radius 1 is 0.946 bits per heavy atom. The molecule has 0 saturated heterocycles. The SMILES string of the molecule is O=C(COc1ccc(F)c(F)c1)NC12CCC(NC(=O)COc3ccc(C(F)(F)F)nc3)(CC1)[C@@H](O)C2. The van der Waals surface area contributed by atoms with Crippen LogP contribution in [0.2, 0.25) is 0 Å². The summed E-state index contributed by atoms with van der Waals surface area (Å²) in [6.07, 6.45) is -2.85. The molecule has 0 spiro atoms. The quantitative estimate of drug-likeness (QED) is 0.454. The number of halogens is 5. The molecular formula is C24H24F5N3O5. The van der Waals surface area contributed by atoms with Crippen LogP contribution in [0.1, 0.15) is 37.8 Å². The highest BCUT2D eigenvalue weighted by atomic mass is 19.4. The number of rotatable bonds is 8. The third-order valence-corrected chi connectivity index (χ3v) is 6.77. The fraction of sp³-hybridized carbons (Fsp3) is 0.458. The molecule has 3 aliphatic carbocycles. The average molecular weight is 529 g/mol. The fourth-order valence-electron chi connectivity index (χ4n) is 4.81. The minimum absolute atomic E-state index is 0.00472. The number of carbonyl (C=O) groups excluding carboxylic acids is 2. The molecule has 2 bridgehead atoms. The third kappa shape index (κ3) is 6.09. The lowest BCUT2D eigenvalue weighted by Crippen LogP contribution is -2.70. The molecule has 0 radical (unpaired) electrons. The van der Waals surface area contributed by atoms with Gasteiger partial charge in [-0.1, -0.05) is 0 Å². The number of benzene rings is 1. The number of hydrogen-bond acceptors (Lipinski definition) is 6. The molecule has 8 nitrogen and oxygen atoms in total. The number of pyridine rings is 1. The Morgan fingerprint density at radius 2 is 1.57 bits per heavy atom. The summed E-state index contributed by atoms with van der Waals surface area (Å²) in [6.45, 7) is -0.911. The summed E-state index contributed by atoms with van der Waals surface area (Å²) in [6, 6.07) is 4.73. The van der Waals surface area contributed by atoms with Crippen molar-refractivity contribution in [3.8, 4) is 11.5 Å². The molecule has 37 heavy (non-hydrogen) atoms. The van der Waals surface area contributed by atoms with Crippen molar-refractivity contribution in [2.45, 2.75) is 55.5 Å². The van der Waals surface area contributed by atoms with Gasteiger partial charge in [0, 0.05) is 11.6 Å². The first-order valence-electron chi connectivity index (χ1n) is 11.4. The Bertz CT molecular complexity index is 1150. The maximum absolute atomic E-state index is 13.3. The lowest BCUT2D eigenvalue weighted by Gasteiger charge is -2.56. The van der Waals surface area contributed by atoms with Gasteiger partial charge < -0.3 is 25.2 Å². The molecule has 3 N–H and O–H groups in total. The maximum atomic E-state index is 13.3. The van der Waals surface area contributed by atoms with E-state index in [2.05, 4.69) is 15.6 Å². The molecule has 1 atom stereocenters. The van der Waals surface area contributed by atoms with Crippen LogP contribution in [0.15, 0.2) is 36.5 Å². The fourth-order valence-corrected chi connectivity index (χ4v) is 4.81. The normalized spacial score (nSPS) is 24.9. The van der Waals surface area contributed by atoms with Gasteiger partial charge in [-0.3, -0.25) is 9.59 Å². The molecule has 3 aliphatic rings. The predicted octanol–water partition coefficient (Wildman–Crippen LogP) is 2.89. The van der Waals surface area contributed by atoms with E-state index in [1.165, 1.54) is 6.07 Å².